The van der Waals surface area contributed by atoms with Crippen molar-refractivity contribution in [1.82, 2.24) is 0 Å². The fourth-order valence-electron chi connectivity index (χ4n) is 7.44. The van der Waals surface area contributed by atoms with Crippen molar-refractivity contribution < 1.29 is 0 Å². The predicted octanol–water partition coefficient (Wildman–Crippen LogP) is 11.7. The van der Waals surface area contributed by atoms with E-state index in [4.69, 9.17) is 0 Å². The fraction of sp³-hybridized carbons (Fsp3) is 0.0455. The molecule has 0 fully saturated rings. The molecule has 0 amide bonds. The summed E-state index contributed by atoms with van der Waals surface area (Å²) in [4.78, 5) is 2.42. The topological polar surface area (TPSA) is 3.24 Å². The van der Waals surface area contributed by atoms with Crippen molar-refractivity contribution in [3.05, 3.63) is 164 Å². The number of hydrogen-bond donors (Lipinski definition) is 0. The van der Waals surface area contributed by atoms with Gasteiger partial charge in [0.05, 0.1) is 0 Å². The molecular formula is C44H33NSSi. The first-order chi connectivity index (χ1) is 23.1. The van der Waals surface area contributed by atoms with E-state index in [1.807, 2.05) is 11.3 Å². The van der Waals surface area contributed by atoms with E-state index in [9.17, 15) is 0 Å². The van der Waals surface area contributed by atoms with Crippen LogP contribution in [0.1, 0.15) is 0 Å². The number of anilines is 3. The highest BCUT2D eigenvalue weighted by Gasteiger charge is 2.39. The number of rotatable bonds is 5. The molecule has 47 heavy (non-hydrogen) atoms. The maximum Gasteiger partial charge on any atom is 0.114 e. The zero-order chi connectivity index (χ0) is 31.5. The van der Waals surface area contributed by atoms with Gasteiger partial charge in [0.2, 0.25) is 0 Å². The molecule has 0 N–H and O–H groups in total. The lowest BCUT2D eigenvalue weighted by Crippen LogP contribution is -2.49. The summed E-state index contributed by atoms with van der Waals surface area (Å²) >= 11 is 1.95. The molecule has 2 heterocycles. The van der Waals surface area contributed by atoms with Gasteiger partial charge in [-0.2, -0.15) is 0 Å². The lowest BCUT2D eigenvalue weighted by atomic mass is 10.0. The molecule has 224 valence electrons. The summed E-state index contributed by atoms with van der Waals surface area (Å²) in [6, 6.07) is 60.2. The van der Waals surface area contributed by atoms with Crippen molar-refractivity contribution in [1.29, 1.82) is 0 Å². The van der Waals surface area contributed by atoms with Gasteiger partial charge < -0.3 is 4.90 Å². The minimum atomic E-state index is -1.95. The minimum Gasteiger partial charge on any atom is -0.311 e. The van der Waals surface area contributed by atoms with Crippen molar-refractivity contribution in [3.63, 3.8) is 0 Å². The van der Waals surface area contributed by atoms with Crippen LogP contribution < -0.4 is 15.3 Å². The Morgan fingerprint density at radius 1 is 0.447 bits per heavy atom. The smallest absolute Gasteiger partial charge is 0.114 e. The standard InChI is InChI=1S/C44H33NSSi/c1-47(2)41-28-27-38-37-15-9-10-16-40(37)46-44(38)43(41)39-26-25-36(29-42(39)47)45(34-21-17-32(18-22-34)30-11-5-3-6-12-30)35-23-19-33(20-24-35)31-13-7-4-8-14-31/h3-29H,1-2H3. The quantitative estimate of drug-likeness (QED) is 0.170. The van der Waals surface area contributed by atoms with Gasteiger partial charge in [0, 0.05) is 37.2 Å². The Hall–Kier alpha value is -5.22. The van der Waals surface area contributed by atoms with E-state index in [2.05, 4.69) is 182 Å². The van der Waals surface area contributed by atoms with Gasteiger partial charge in [-0.3, -0.25) is 0 Å². The summed E-state index contributed by atoms with van der Waals surface area (Å²) in [5, 5.41) is 5.81. The van der Waals surface area contributed by atoms with Crippen LogP contribution in [0.5, 0.6) is 0 Å². The average molecular weight is 636 g/mol. The van der Waals surface area contributed by atoms with E-state index in [0.29, 0.717) is 0 Å². The largest absolute Gasteiger partial charge is 0.311 e. The molecule has 0 spiro atoms. The highest BCUT2D eigenvalue weighted by molar-refractivity contribution is 7.26. The summed E-state index contributed by atoms with van der Waals surface area (Å²) in [5.74, 6) is 0. The van der Waals surface area contributed by atoms with Gasteiger partial charge in [-0.15, -0.1) is 11.3 Å². The molecule has 7 aromatic carbocycles. The number of benzene rings is 7. The highest BCUT2D eigenvalue weighted by Crippen LogP contribution is 2.44. The van der Waals surface area contributed by atoms with Crippen LogP contribution in [-0.2, 0) is 0 Å². The molecule has 1 aliphatic heterocycles. The third-order valence-corrected chi connectivity index (χ3v) is 14.6. The summed E-state index contributed by atoms with van der Waals surface area (Å²) in [6.07, 6.45) is 0. The van der Waals surface area contributed by atoms with Crippen molar-refractivity contribution in [2.24, 2.45) is 0 Å². The maximum atomic E-state index is 2.52. The third kappa shape index (κ3) is 4.57. The van der Waals surface area contributed by atoms with E-state index in [1.54, 1.807) is 5.19 Å². The summed E-state index contributed by atoms with van der Waals surface area (Å²) in [5.41, 5.74) is 11.3. The Bertz CT molecular complexity index is 2320. The molecule has 0 aliphatic carbocycles. The van der Waals surface area contributed by atoms with Gasteiger partial charge in [0.25, 0.3) is 0 Å². The Morgan fingerprint density at radius 3 is 1.60 bits per heavy atom. The fourth-order valence-corrected chi connectivity index (χ4v) is 11.9. The Labute approximate surface area is 281 Å². The summed E-state index contributed by atoms with van der Waals surface area (Å²) in [6.45, 7) is 5.04. The summed E-state index contributed by atoms with van der Waals surface area (Å²) in [7, 11) is -1.95. The Morgan fingerprint density at radius 2 is 0.979 bits per heavy atom. The zero-order valence-corrected chi connectivity index (χ0v) is 28.3. The van der Waals surface area contributed by atoms with Crippen LogP contribution in [0.3, 0.4) is 0 Å². The molecule has 1 nitrogen and oxygen atoms in total. The number of thiophene rings is 1. The van der Waals surface area contributed by atoms with Crippen molar-refractivity contribution in [3.8, 4) is 33.4 Å². The third-order valence-electron chi connectivity index (χ3n) is 9.89. The van der Waals surface area contributed by atoms with Gasteiger partial charge in [-0.25, -0.2) is 0 Å². The van der Waals surface area contributed by atoms with Crippen LogP contribution in [0.2, 0.25) is 13.1 Å². The van der Waals surface area contributed by atoms with E-state index in [-0.39, 0.29) is 0 Å². The first-order valence-corrected chi connectivity index (χ1v) is 20.1. The van der Waals surface area contributed by atoms with Crippen LogP contribution in [0.4, 0.5) is 17.1 Å². The van der Waals surface area contributed by atoms with E-state index >= 15 is 0 Å². The monoisotopic (exact) mass is 635 g/mol. The van der Waals surface area contributed by atoms with Crippen LogP contribution in [-0.4, -0.2) is 8.07 Å². The second kappa shape index (κ2) is 10.9. The minimum absolute atomic E-state index is 1.15. The number of fused-ring (bicyclic) bond motifs is 7. The highest BCUT2D eigenvalue weighted by atomic mass is 32.1. The van der Waals surface area contributed by atoms with Crippen LogP contribution in [0.25, 0.3) is 53.6 Å². The lowest BCUT2D eigenvalue weighted by Gasteiger charge is -2.28. The normalized spacial score (nSPS) is 13.1. The number of nitrogens with zero attached hydrogens (tertiary/aromatic N) is 1. The van der Waals surface area contributed by atoms with E-state index in [1.165, 1.54) is 64.4 Å². The molecule has 1 aliphatic rings. The molecule has 9 rings (SSSR count). The molecule has 1 aromatic heterocycles. The van der Waals surface area contributed by atoms with Gasteiger partial charge in [0.1, 0.15) is 8.07 Å². The lowest BCUT2D eigenvalue weighted by molar-refractivity contribution is 1.29. The van der Waals surface area contributed by atoms with Crippen LogP contribution >= 0.6 is 11.3 Å². The molecule has 0 saturated heterocycles. The van der Waals surface area contributed by atoms with Crippen molar-refractivity contribution >= 4 is 67.0 Å². The molecular weight excluding hydrogens is 603 g/mol. The maximum absolute atomic E-state index is 2.52. The average Bonchev–Trinajstić information content (AvgIpc) is 3.62. The molecule has 0 atom stereocenters. The molecule has 0 radical (unpaired) electrons. The first kappa shape index (κ1) is 28.0. The second-order valence-corrected chi connectivity index (χ2v) is 18.4. The van der Waals surface area contributed by atoms with E-state index in [0.717, 1.165) is 11.4 Å². The molecule has 3 heteroatoms. The van der Waals surface area contributed by atoms with Gasteiger partial charge in [0.15, 0.2) is 0 Å². The molecule has 8 aromatic rings. The number of hydrogen-bond acceptors (Lipinski definition) is 2. The molecule has 0 unspecified atom stereocenters. The second-order valence-electron chi connectivity index (χ2n) is 13.0. The Balaban J connectivity index is 1.19. The van der Waals surface area contributed by atoms with Crippen LogP contribution in [0.15, 0.2) is 164 Å². The van der Waals surface area contributed by atoms with Gasteiger partial charge >= 0.3 is 0 Å². The molecule has 0 saturated carbocycles. The van der Waals surface area contributed by atoms with Crippen LogP contribution in [0, 0.1) is 0 Å². The molecule has 0 bridgehead atoms. The van der Waals surface area contributed by atoms with Crippen molar-refractivity contribution in [2.45, 2.75) is 13.1 Å². The Kier molecular flexibility index (Phi) is 6.53. The SMILES string of the molecule is C[Si]1(C)c2cc(N(c3ccc(-c4ccccc4)cc3)c3ccc(-c4ccccc4)cc3)ccc2-c2c1ccc1c2sc2ccccc21. The van der Waals surface area contributed by atoms with E-state index < -0.39 is 8.07 Å². The van der Waals surface area contributed by atoms with Crippen molar-refractivity contribution in [2.75, 3.05) is 4.90 Å². The predicted molar refractivity (Wildman–Crippen MR) is 207 cm³/mol. The first-order valence-electron chi connectivity index (χ1n) is 16.3. The van der Waals surface area contributed by atoms with Gasteiger partial charge in [-0.05, 0) is 86.2 Å². The zero-order valence-electron chi connectivity index (χ0n) is 26.4. The summed E-state index contributed by atoms with van der Waals surface area (Å²) < 4.78 is 2.80. The van der Waals surface area contributed by atoms with Gasteiger partial charge in [-0.1, -0.05) is 134 Å².